The number of hydrogen-bond donors (Lipinski definition) is 0. The number of Topliss-reactive ketones (excluding diaryl/α,β-unsaturated/α-hetero) is 2. The normalized spacial score (nSPS) is 49.2. The third-order valence-electron chi connectivity index (χ3n) is 9.16. The number of carbonyl (C=O) groups is 2. The van der Waals surface area contributed by atoms with Gasteiger partial charge in [-0.1, -0.05) is 13.8 Å². The van der Waals surface area contributed by atoms with E-state index in [2.05, 4.69) is 13.8 Å². The van der Waals surface area contributed by atoms with Crippen LogP contribution in [-0.4, -0.2) is 25.3 Å². The molecular formula is C22H34O3. The molecule has 0 radical (unpaired) electrons. The second-order valence-electron chi connectivity index (χ2n) is 9.97. The summed E-state index contributed by atoms with van der Waals surface area (Å²) in [6.45, 7) is 5.17. The van der Waals surface area contributed by atoms with Crippen molar-refractivity contribution in [2.24, 2.45) is 40.4 Å². The summed E-state index contributed by atoms with van der Waals surface area (Å²) in [6, 6.07) is 0. The standard InChI is InChI=1S/C22H34O3/c1-21-10-8-15(23)12-14(21)4-5-16-17-6-7-19(20(24)13-25-3)22(17,2)11-9-18(16)21/h14,16-19H,4-13H2,1-3H3/t14-,16-,17-,18-,19+,21-,22-/m0/s1. The van der Waals surface area contributed by atoms with E-state index in [-0.39, 0.29) is 17.9 Å². The van der Waals surface area contributed by atoms with Crippen LogP contribution in [0, 0.1) is 40.4 Å². The van der Waals surface area contributed by atoms with Crippen molar-refractivity contribution in [3.63, 3.8) is 0 Å². The molecule has 4 rings (SSSR count). The average molecular weight is 347 g/mol. The molecule has 0 aromatic heterocycles. The topological polar surface area (TPSA) is 43.4 Å². The van der Waals surface area contributed by atoms with E-state index < -0.39 is 0 Å². The van der Waals surface area contributed by atoms with Crippen LogP contribution in [0.15, 0.2) is 0 Å². The van der Waals surface area contributed by atoms with Gasteiger partial charge in [0.25, 0.3) is 0 Å². The fourth-order valence-electron chi connectivity index (χ4n) is 7.82. The molecule has 0 amide bonds. The third kappa shape index (κ3) is 2.56. The lowest BCUT2D eigenvalue weighted by molar-refractivity contribution is -0.145. The van der Waals surface area contributed by atoms with E-state index in [0.717, 1.165) is 37.5 Å². The molecule has 4 saturated carbocycles. The molecule has 0 spiro atoms. The molecule has 0 aromatic carbocycles. The number of hydrogen-bond acceptors (Lipinski definition) is 3. The molecular weight excluding hydrogens is 312 g/mol. The highest BCUT2D eigenvalue weighted by molar-refractivity contribution is 5.83. The lowest BCUT2D eigenvalue weighted by Gasteiger charge is -2.60. The van der Waals surface area contributed by atoms with Crippen LogP contribution in [0.5, 0.6) is 0 Å². The largest absolute Gasteiger partial charge is 0.377 e. The smallest absolute Gasteiger partial charge is 0.162 e. The third-order valence-corrected chi connectivity index (χ3v) is 9.16. The summed E-state index contributed by atoms with van der Waals surface area (Å²) in [6.07, 6.45) is 9.97. The van der Waals surface area contributed by atoms with Crippen LogP contribution >= 0.6 is 0 Å². The number of fused-ring (bicyclic) bond motifs is 5. The van der Waals surface area contributed by atoms with Crippen molar-refractivity contribution in [3.05, 3.63) is 0 Å². The highest BCUT2D eigenvalue weighted by atomic mass is 16.5. The van der Waals surface area contributed by atoms with Crippen LogP contribution in [0.3, 0.4) is 0 Å². The van der Waals surface area contributed by atoms with E-state index in [1.54, 1.807) is 7.11 Å². The van der Waals surface area contributed by atoms with E-state index >= 15 is 0 Å². The summed E-state index contributed by atoms with van der Waals surface area (Å²) in [5.41, 5.74) is 0.553. The summed E-state index contributed by atoms with van der Waals surface area (Å²) in [5.74, 6) is 3.89. The summed E-state index contributed by atoms with van der Waals surface area (Å²) in [4.78, 5) is 24.6. The molecule has 0 saturated heterocycles. The number of rotatable bonds is 3. The van der Waals surface area contributed by atoms with Gasteiger partial charge >= 0.3 is 0 Å². The lowest BCUT2D eigenvalue weighted by Crippen LogP contribution is -2.54. The SMILES string of the molecule is COCC(=O)[C@H]1CC[C@H]2[C@@H]3CC[C@H]4CC(=O)CC[C@]4(C)[C@H]3CC[C@]12C. The number of ketones is 2. The van der Waals surface area contributed by atoms with E-state index in [1.807, 2.05) is 0 Å². The molecule has 4 aliphatic carbocycles. The zero-order valence-corrected chi connectivity index (χ0v) is 16.2. The molecule has 4 fully saturated rings. The Kier molecular flexibility index (Phi) is 4.38. The van der Waals surface area contributed by atoms with Crippen LogP contribution in [-0.2, 0) is 14.3 Å². The minimum atomic E-state index is 0.185. The molecule has 7 atom stereocenters. The highest BCUT2D eigenvalue weighted by Gasteiger charge is 2.61. The maximum atomic E-state index is 12.6. The molecule has 0 aromatic rings. The predicted molar refractivity (Wildman–Crippen MR) is 97.1 cm³/mol. The zero-order valence-electron chi connectivity index (χ0n) is 16.2. The number of ether oxygens (including phenoxy) is 1. The van der Waals surface area contributed by atoms with Gasteiger partial charge < -0.3 is 4.74 Å². The fraction of sp³-hybridized carbons (Fsp3) is 0.909. The van der Waals surface area contributed by atoms with Crippen LogP contribution in [0.2, 0.25) is 0 Å². The molecule has 0 aliphatic heterocycles. The van der Waals surface area contributed by atoms with Crippen LogP contribution in [0.1, 0.15) is 71.6 Å². The van der Waals surface area contributed by atoms with Crippen molar-refractivity contribution in [2.45, 2.75) is 71.6 Å². The van der Waals surface area contributed by atoms with Gasteiger partial charge in [-0.25, -0.2) is 0 Å². The average Bonchev–Trinajstić information content (AvgIpc) is 2.93. The molecule has 0 bridgehead atoms. The van der Waals surface area contributed by atoms with Gasteiger partial charge in [-0.2, -0.15) is 0 Å². The first-order chi connectivity index (χ1) is 11.9. The molecule has 140 valence electrons. The van der Waals surface area contributed by atoms with Gasteiger partial charge in [0.15, 0.2) is 5.78 Å². The predicted octanol–water partition coefficient (Wildman–Crippen LogP) is 4.43. The first kappa shape index (κ1) is 17.7. The summed E-state index contributed by atoms with van der Waals surface area (Å²) in [7, 11) is 1.63. The first-order valence-corrected chi connectivity index (χ1v) is 10.4. The number of methoxy groups -OCH3 is 1. The molecule has 25 heavy (non-hydrogen) atoms. The highest BCUT2D eigenvalue weighted by Crippen LogP contribution is 2.67. The second-order valence-corrected chi connectivity index (χ2v) is 9.97. The van der Waals surface area contributed by atoms with Crippen LogP contribution in [0.25, 0.3) is 0 Å². The Morgan fingerprint density at radius 3 is 2.56 bits per heavy atom. The van der Waals surface area contributed by atoms with Gasteiger partial charge in [-0.05, 0) is 79.4 Å². The molecule has 0 heterocycles. The van der Waals surface area contributed by atoms with Crippen molar-refractivity contribution in [2.75, 3.05) is 13.7 Å². The quantitative estimate of drug-likeness (QED) is 0.759. The Bertz CT molecular complexity index is 570. The van der Waals surface area contributed by atoms with Gasteiger partial charge in [0.2, 0.25) is 0 Å². The lowest BCUT2D eigenvalue weighted by atomic mass is 9.44. The maximum Gasteiger partial charge on any atom is 0.162 e. The minimum Gasteiger partial charge on any atom is -0.377 e. The molecule has 0 N–H and O–H groups in total. The van der Waals surface area contributed by atoms with Gasteiger partial charge in [0.1, 0.15) is 12.4 Å². The van der Waals surface area contributed by atoms with Crippen molar-refractivity contribution < 1.29 is 14.3 Å². The molecule has 3 heteroatoms. The Hall–Kier alpha value is -0.700. The monoisotopic (exact) mass is 346 g/mol. The maximum absolute atomic E-state index is 12.6. The van der Waals surface area contributed by atoms with Gasteiger partial charge in [0.05, 0.1) is 0 Å². The van der Waals surface area contributed by atoms with E-state index in [1.165, 1.54) is 32.1 Å². The Morgan fingerprint density at radius 1 is 1.04 bits per heavy atom. The second kappa shape index (κ2) is 6.18. The Morgan fingerprint density at radius 2 is 1.80 bits per heavy atom. The van der Waals surface area contributed by atoms with E-state index in [9.17, 15) is 9.59 Å². The summed E-state index contributed by atoms with van der Waals surface area (Å²) in [5, 5.41) is 0. The summed E-state index contributed by atoms with van der Waals surface area (Å²) < 4.78 is 5.16. The van der Waals surface area contributed by atoms with E-state index in [4.69, 9.17) is 4.74 Å². The fourth-order valence-corrected chi connectivity index (χ4v) is 7.82. The molecule has 0 unspecified atom stereocenters. The van der Waals surface area contributed by atoms with Gasteiger partial charge in [-0.15, -0.1) is 0 Å². The summed E-state index contributed by atoms with van der Waals surface area (Å²) >= 11 is 0. The van der Waals surface area contributed by atoms with Crippen LogP contribution in [0.4, 0.5) is 0 Å². The van der Waals surface area contributed by atoms with Gasteiger partial charge in [0, 0.05) is 25.9 Å². The minimum absolute atomic E-state index is 0.185. The number of carbonyl (C=O) groups excluding carboxylic acids is 2. The Balaban J connectivity index is 1.58. The first-order valence-electron chi connectivity index (χ1n) is 10.4. The van der Waals surface area contributed by atoms with Gasteiger partial charge in [-0.3, -0.25) is 9.59 Å². The van der Waals surface area contributed by atoms with Crippen molar-refractivity contribution in [1.29, 1.82) is 0 Å². The van der Waals surface area contributed by atoms with Crippen molar-refractivity contribution in [3.8, 4) is 0 Å². The molecule has 4 aliphatic rings. The van der Waals surface area contributed by atoms with Crippen molar-refractivity contribution in [1.82, 2.24) is 0 Å². The van der Waals surface area contributed by atoms with Crippen LogP contribution < -0.4 is 0 Å². The van der Waals surface area contributed by atoms with E-state index in [0.29, 0.717) is 28.8 Å². The molecule has 3 nitrogen and oxygen atoms in total. The zero-order chi connectivity index (χ0) is 17.8. The van der Waals surface area contributed by atoms with Crippen molar-refractivity contribution >= 4 is 11.6 Å². The Labute approximate surface area is 152 Å².